The Hall–Kier alpha value is -2.29. The van der Waals surface area contributed by atoms with Gasteiger partial charge in [-0.15, -0.1) is 0 Å². The maximum atomic E-state index is 5.98. The van der Waals surface area contributed by atoms with E-state index in [-0.39, 0.29) is 6.10 Å². The third-order valence-electron chi connectivity index (χ3n) is 3.25. The van der Waals surface area contributed by atoms with Gasteiger partial charge in [0.1, 0.15) is 17.3 Å². The van der Waals surface area contributed by atoms with E-state index in [1.54, 1.807) is 0 Å². The van der Waals surface area contributed by atoms with Crippen LogP contribution in [0, 0.1) is 0 Å². The first kappa shape index (κ1) is 11.8. The van der Waals surface area contributed by atoms with E-state index in [9.17, 15) is 0 Å². The fraction of sp³-hybridized carbons (Fsp3) is 0.188. The largest absolute Gasteiger partial charge is 0.480 e. The average molecular weight is 252 g/mol. The maximum Gasteiger partial charge on any atom is 0.156 e. The zero-order valence-corrected chi connectivity index (χ0v) is 10.6. The predicted molar refractivity (Wildman–Crippen MR) is 76.9 cm³/mol. The molecule has 3 nitrogen and oxygen atoms in total. The summed E-state index contributed by atoms with van der Waals surface area (Å²) in [5.41, 5.74) is 8.09. The summed E-state index contributed by atoms with van der Waals surface area (Å²) < 4.78 is 5.91. The first-order valence-electron chi connectivity index (χ1n) is 6.46. The molecule has 2 aromatic carbocycles. The molecule has 96 valence electrons. The zero-order chi connectivity index (χ0) is 13.1. The van der Waals surface area contributed by atoms with Gasteiger partial charge in [0.2, 0.25) is 0 Å². The summed E-state index contributed by atoms with van der Waals surface area (Å²) in [6.07, 6.45) is 1.65. The molecule has 0 amide bonds. The summed E-state index contributed by atoms with van der Waals surface area (Å²) in [6, 6.07) is 18.1. The van der Waals surface area contributed by atoms with Crippen LogP contribution >= 0.6 is 0 Å². The minimum absolute atomic E-state index is 0.130. The van der Waals surface area contributed by atoms with Gasteiger partial charge < -0.3 is 10.5 Å². The molecular formula is C16H16N2O. The number of fused-ring (bicyclic) bond motifs is 1. The predicted octanol–water partition coefficient (Wildman–Crippen LogP) is 3.07. The average Bonchev–Trinajstić information content (AvgIpc) is 2.46. The van der Waals surface area contributed by atoms with Gasteiger partial charge in [0.25, 0.3) is 0 Å². The number of amidine groups is 1. The number of hydrogen-bond acceptors (Lipinski definition) is 3. The SMILES string of the molecule is NC1=Nc2ccccc2OC1CCc1ccccc1. The van der Waals surface area contributed by atoms with E-state index in [0.717, 1.165) is 24.3 Å². The lowest BCUT2D eigenvalue weighted by Gasteiger charge is -2.23. The van der Waals surface area contributed by atoms with Crippen LogP contribution in [0.4, 0.5) is 5.69 Å². The second-order valence-corrected chi connectivity index (χ2v) is 4.64. The molecule has 1 atom stereocenters. The Kier molecular flexibility index (Phi) is 3.19. The van der Waals surface area contributed by atoms with Gasteiger partial charge in [-0.25, -0.2) is 4.99 Å². The number of nitrogens with zero attached hydrogens (tertiary/aromatic N) is 1. The Bertz CT molecular complexity index is 593. The molecule has 2 N–H and O–H groups in total. The molecule has 3 heteroatoms. The van der Waals surface area contributed by atoms with Crippen molar-refractivity contribution in [3.05, 3.63) is 60.2 Å². The van der Waals surface area contributed by atoms with Crippen LogP contribution in [0.2, 0.25) is 0 Å². The summed E-state index contributed by atoms with van der Waals surface area (Å²) in [6.45, 7) is 0. The zero-order valence-electron chi connectivity index (χ0n) is 10.6. The summed E-state index contributed by atoms with van der Waals surface area (Å²) in [5.74, 6) is 1.38. The third kappa shape index (κ3) is 2.60. The highest BCUT2D eigenvalue weighted by Gasteiger charge is 2.21. The van der Waals surface area contributed by atoms with E-state index < -0.39 is 0 Å². The van der Waals surface area contributed by atoms with E-state index in [1.165, 1.54) is 5.56 Å². The first-order chi connectivity index (χ1) is 9.33. The molecule has 2 aromatic rings. The molecule has 1 aliphatic heterocycles. The van der Waals surface area contributed by atoms with E-state index >= 15 is 0 Å². The smallest absolute Gasteiger partial charge is 0.156 e. The minimum Gasteiger partial charge on any atom is -0.480 e. The highest BCUT2D eigenvalue weighted by molar-refractivity contribution is 5.90. The summed E-state index contributed by atoms with van der Waals surface area (Å²) >= 11 is 0. The van der Waals surface area contributed by atoms with Gasteiger partial charge in [0.05, 0.1) is 0 Å². The van der Waals surface area contributed by atoms with Crippen LogP contribution in [-0.4, -0.2) is 11.9 Å². The van der Waals surface area contributed by atoms with Crippen LogP contribution in [-0.2, 0) is 6.42 Å². The molecule has 0 bridgehead atoms. The van der Waals surface area contributed by atoms with Crippen molar-refractivity contribution in [3.63, 3.8) is 0 Å². The number of aryl methyl sites for hydroxylation is 1. The molecule has 0 aromatic heterocycles. The summed E-state index contributed by atoms with van der Waals surface area (Å²) in [4.78, 5) is 4.41. The molecular weight excluding hydrogens is 236 g/mol. The first-order valence-corrected chi connectivity index (χ1v) is 6.46. The fourth-order valence-corrected chi connectivity index (χ4v) is 2.22. The van der Waals surface area contributed by atoms with Crippen molar-refractivity contribution in [1.82, 2.24) is 0 Å². The van der Waals surface area contributed by atoms with Crippen LogP contribution < -0.4 is 10.5 Å². The Balaban J connectivity index is 1.71. The van der Waals surface area contributed by atoms with Gasteiger partial charge in [0, 0.05) is 0 Å². The molecule has 0 saturated heterocycles. The van der Waals surface area contributed by atoms with Crippen molar-refractivity contribution >= 4 is 11.5 Å². The fourth-order valence-electron chi connectivity index (χ4n) is 2.22. The molecule has 19 heavy (non-hydrogen) atoms. The van der Waals surface area contributed by atoms with Crippen molar-refractivity contribution in [3.8, 4) is 5.75 Å². The molecule has 0 radical (unpaired) electrons. The van der Waals surface area contributed by atoms with Crippen molar-refractivity contribution in [2.75, 3.05) is 0 Å². The number of benzene rings is 2. The van der Waals surface area contributed by atoms with Crippen LogP contribution in [0.1, 0.15) is 12.0 Å². The van der Waals surface area contributed by atoms with Gasteiger partial charge in [-0.2, -0.15) is 0 Å². The minimum atomic E-state index is -0.130. The molecule has 0 aliphatic carbocycles. The Morgan fingerprint density at radius 3 is 2.58 bits per heavy atom. The molecule has 3 rings (SSSR count). The number of nitrogens with two attached hydrogens (primary N) is 1. The highest BCUT2D eigenvalue weighted by Crippen LogP contribution is 2.32. The van der Waals surface area contributed by atoms with E-state index in [1.807, 2.05) is 42.5 Å². The number of ether oxygens (including phenoxy) is 1. The number of hydrogen-bond donors (Lipinski definition) is 1. The Labute approximate surface area is 112 Å². The Morgan fingerprint density at radius 2 is 1.74 bits per heavy atom. The standard InChI is InChI=1S/C16H16N2O/c17-16-15(11-10-12-6-2-1-3-7-12)19-14-9-5-4-8-13(14)18-16/h1-9,15H,10-11H2,(H2,17,18). The van der Waals surface area contributed by atoms with Crippen molar-refractivity contribution in [2.24, 2.45) is 10.7 Å². The second kappa shape index (κ2) is 5.14. The van der Waals surface area contributed by atoms with Crippen molar-refractivity contribution in [1.29, 1.82) is 0 Å². The lowest BCUT2D eigenvalue weighted by Crippen LogP contribution is -2.36. The summed E-state index contributed by atoms with van der Waals surface area (Å²) in [5, 5.41) is 0. The summed E-state index contributed by atoms with van der Waals surface area (Å²) in [7, 11) is 0. The molecule has 0 saturated carbocycles. The number of aliphatic imine (C=N–C) groups is 1. The van der Waals surface area contributed by atoms with Crippen LogP contribution in [0.25, 0.3) is 0 Å². The highest BCUT2D eigenvalue weighted by atomic mass is 16.5. The van der Waals surface area contributed by atoms with Crippen molar-refractivity contribution < 1.29 is 4.74 Å². The topological polar surface area (TPSA) is 47.6 Å². The van der Waals surface area contributed by atoms with Crippen LogP contribution in [0.5, 0.6) is 5.75 Å². The molecule has 1 aliphatic rings. The van der Waals surface area contributed by atoms with E-state index in [2.05, 4.69) is 17.1 Å². The van der Waals surface area contributed by atoms with Gasteiger partial charge in [-0.05, 0) is 30.5 Å². The van der Waals surface area contributed by atoms with Gasteiger partial charge in [-0.3, -0.25) is 0 Å². The van der Waals surface area contributed by atoms with Crippen LogP contribution in [0.3, 0.4) is 0 Å². The lowest BCUT2D eigenvalue weighted by atomic mass is 10.1. The molecule has 1 heterocycles. The van der Waals surface area contributed by atoms with Crippen LogP contribution in [0.15, 0.2) is 59.6 Å². The number of para-hydroxylation sites is 2. The molecule has 1 unspecified atom stereocenters. The monoisotopic (exact) mass is 252 g/mol. The van der Waals surface area contributed by atoms with Gasteiger partial charge in [0.15, 0.2) is 6.10 Å². The van der Waals surface area contributed by atoms with E-state index in [0.29, 0.717) is 5.84 Å². The quantitative estimate of drug-likeness (QED) is 0.912. The maximum absolute atomic E-state index is 5.98. The third-order valence-corrected chi connectivity index (χ3v) is 3.25. The normalized spacial score (nSPS) is 17.3. The molecule has 0 fully saturated rings. The Morgan fingerprint density at radius 1 is 1.00 bits per heavy atom. The second-order valence-electron chi connectivity index (χ2n) is 4.64. The molecule has 0 spiro atoms. The lowest BCUT2D eigenvalue weighted by molar-refractivity contribution is 0.251. The van der Waals surface area contributed by atoms with Gasteiger partial charge >= 0.3 is 0 Å². The number of rotatable bonds is 3. The van der Waals surface area contributed by atoms with Gasteiger partial charge in [-0.1, -0.05) is 42.5 Å². The van der Waals surface area contributed by atoms with E-state index in [4.69, 9.17) is 10.5 Å². The van der Waals surface area contributed by atoms with Crippen molar-refractivity contribution in [2.45, 2.75) is 18.9 Å².